The van der Waals surface area contributed by atoms with Crippen LogP contribution in [0.4, 0.5) is 5.69 Å². The molecule has 4 nitrogen and oxygen atoms in total. The van der Waals surface area contributed by atoms with E-state index in [-0.39, 0.29) is 0 Å². The molecule has 1 aliphatic carbocycles. The highest BCUT2D eigenvalue weighted by Crippen LogP contribution is 2.40. The molecule has 4 rings (SSSR count). The molecule has 0 fully saturated rings. The predicted octanol–water partition coefficient (Wildman–Crippen LogP) is 4.27. The number of benzene rings is 3. The topological polar surface area (TPSA) is 72.2 Å². The Morgan fingerprint density at radius 2 is 1.88 bits per heavy atom. The maximum atomic E-state index is 7.86. The Morgan fingerprint density at radius 1 is 1.00 bits per heavy atom. The second-order valence-electron chi connectivity index (χ2n) is 5.68. The van der Waals surface area contributed by atoms with Gasteiger partial charge in [0.1, 0.15) is 17.1 Å². The SMILES string of the molecule is COc1cccc(-c2c3ccc(=N)cc-3oc3cc(N)ccc23)c1. The molecule has 0 saturated carbocycles. The number of nitrogens with two attached hydrogens (primary N) is 1. The van der Waals surface area contributed by atoms with Crippen molar-refractivity contribution in [1.82, 2.24) is 0 Å². The van der Waals surface area contributed by atoms with Crippen molar-refractivity contribution in [2.24, 2.45) is 0 Å². The van der Waals surface area contributed by atoms with Crippen molar-refractivity contribution in [3.63, 3.8) is 0 Å². The molecule has 0 bridgehead atoms. The number of methoxy groups -OCH3 is 1. The average molecular weight is 316 g/mol. The molecule has 0 saturated heterocycles. The molecule has 2 aliphatic rings. The van der Waals surface area contributed by atoms with Crippen molar-refractivity contribution in [2.45, 2.75) is 0 Å². The number of nitrogens with one attached hydrogen (secondary N) is 1. The molecule has 118 valence electrons. The van der Waals surface area contributed by atoms with Crippen LogP contribution in [-0.4, -0.2) is 7.11 Å². The van der Waals surface area contributed by atoms with E-state index in [1.165, 1.54) is 0 Å². The van der Waals surface area contributed by atoms with Gasteiger partial charge in [0, 0.05) is 34.3 Å². The van der Waals surface area contributed by atoms with E-state index in [0.29, 0.717) is 22.4 Å². The molecule has 3 N–H and O–H groups in total. The molecule has 0 unspecified atom stereocenters. The molecule has 2 aromatic carbocycles. The maximum absolute atomic E-state index is 7.86. The first kappa shape index (κ1) is 14.3. The van der Waals surface area contributed by atoms with Crippen molar-refractivity contribution < 1.29 is 9.15 Å². The quantitative estimate of drug-likeness (QED) is 0.428. The van der Waals surface area contributed by atoms with Crippen LogP contribution >= 0.6 is 0 Å². The molecular formula is C20H16N2O2. The van der Waals surface area contributed by atoms with Gasteiger partial charge in [-0.15, -0.1) is 0 Å². The van der Waals surface area contributed by atoms with Crippen molar-refractivity contribution in [2.75, 3.05) is 12.8 Å². The fourth-order valence-corrected chi connectivity index (χ4v) is 3.00. The summed E-state index contributed by atoms with van der Waals surface area (Å²) < 4.78 is 11.4. The molecule has 0 aromatic heterocycles. The summed E-state index contributed by atoms with van der Waals surface area (Å²) in [4.78, 5) is 0. The van der Waals surface area contributed by atoms with E-state index in [1.54, 1.807) is 19.2 Å². The largest absolute Gasteiger partial charge is 0.497 e. The molecule has 24 heavy (non-hydrogen) atoms. The molecule has 0 radical (unpaired) electrons. The normalized spacial score (nSPS) is 11.0. The van der Waals surface area contributed by atoms with Crippen LogP contribution in [-0.2, 0) is 0 Å². The molecule has 0 spiro atoms. The number of rotatable bonds is 2. The van der Waals surface area contributed by atoms with Gasteiger partial charge in [-0.3, -0.25) is 0 Å². The van der Waals surface area contributed by atoms with Gasteiger partial charge in [-0.1, -0.05) is 12.1 Å². The highest BCUT2D eigenvalue weighted by atomic mass is 16.5. The highest BCUT2D eigenvalue weighted by molar-refractivity contribution is 6.02. The van der Waals surface area contributed by atoms with Gasteiger partial charge in [0.05, 0.1) is 12.5 Å². The van der Waals surface area contributed by atoms with Crippen LogP contribution in [0.3, 0.4) is 0 Å². The van der Waals surface area contributed by atoms with Crippen LogP contribution in [0.25, 0.3) is 33.4 Å². The Balaban J connectivity index is 2.16. The lowest BCUT2D eigenvalue weighted by molar-refractivity contribution is 0.415. The van der Waals surface area contributed by atoms with Crippen molar-refractivity contribution >= 4 is 16.7 Å². The third kappa shape index (κ3) is 2.29. The van der Waals surface area contributed by atoms with E-state index < -0.39 is 0 Å². The van der Waals surface area contributed by atoms with E-state index in [1.807, 2.05) is 48.5 Å². The summed E-state index contributed by atoms with van der Waals surface area (Å²) in [5.41, 5.74) is 10.3. The molecule has 0 atom stereocenters. The second kappa shape index (κ2) is 5.42. The maximum Gasteiger partial charge on any atom is 0.137 e. The third-order valence-corrected chi connectivity index (χ3v) is 4.10. The zero-order valence-electron chi connectivity index (χ0n) is 13.2. The van der Waals surface area contributed by atoms with Crippen LogP contribution in [0.1, 0.15) is 0 Å². The van der Waals surface area contributed by atoms with Gasteiger partial charge < -0.3 is 20.3 Å². The number of nitrogen functional groups attached to an aromatic ring is 1. The average Bonchev–Trinajstić information content (AvgIpc) is 2.59. The van der Waals surface area contributed by atoms with Gasteiger partial charge in [0.15, 0.2) is 0 Å². The Kier molecular flexibility index (Phi) is 3.24. The highest BCUT2D eigenvalue weighted by Gasteiger charge is 2.17. The molecule has 0 amide bonds. The van der Waals surface area contributed by atoms with E-state index in [4.69, 9.17) is 20.3 Å². The lowest BCUT2D eigenvalue weighted by atomic mass is 9.93. The van der Waals surface area contributed by atoms with Gasteiger partial charge in [-0.25, -0.2) is 0 Å². The molecule has 4 heteroatoms. The van der Waals surface area contributed by atoms with Gasteiger partial charge in [0.25, 0.3) is 0 Å². The molecule has 1 heterocycles. The number of ether oxygens (including phenoxy) is 1. The summed E-state index contributed by atoms with van der Waals surface area (Å²) >= 11 is 0. The molecular weight excluding hydrogens is 300 g/mol. The van der Waals surface area contributed by atoms with Gasteiger partial charge in [-0.2, -0.15) is 0 Å². The third-order valence-electron chi connectivity index (χ3n) is 4.10. The Morgan fingerprint density at radius 3 is 2.71 bits per heavy atom. The number of anilines is 1. The monoisotopic (exact) mass is 316 g/mol. The van der Waals surface area contributed by atoms with Gasteiger partial charge in [-0.05, 0) is 42.0 Å². The minimum atomic E-state index is 0.408. The van der Waals surface area contributed by atoms with Crippen molar-refractivity contribution in [1.29, 1.82) is 5.41 Å². The minimum absolute atomic E-state index is 0.408. The second-order valence-corrected chi connectivity index (χ2v) is 5.68. The van der Waals surface area contributed by atoms with Gasteiger partial charge >= 0.3 is 0 Å². The first-order chi connectivity index (χ1) is 11.7. The van der Waals surface area contributed by atoms with Crippen LogP contribution < -0.4 is 15.8 Å². The zero-order chi connectivity index (χ0) is 16.7. The van der Waals surface area contributed by atoms with Crippen LogP contribution in [0.15, 0.2) is 65.1 Å². The van der Waals surface area contributed by atoms with Gasteiger partial charge in [0.2, 0.25) is 0 Å². The van der Waals surface area contributed by atoms with Crippen molar-refractivity contribution in [3.8, 4) is 28.2 Å². The Hall–Kier alpha value is -3.27. The fraction of sp³-hybridized carbons (Fsp3) is 0.0500. The van der Waals surface area contributed by atoms with Crippen LogP contribution in [0.2, 0.25) is 0 Å². The smallest absolute Gasteiger partial charge is 0.137 e. The van der Waals surface area contributed by atoms with E-state index in [2.05, 4.69) is 0 Å². The van der Waals surface area contributed by atoms with Crippen LogP contribution in [0.5, 0.6) is 5.75 Å². The molecule has 1 aliphatic heterocycles. The predicted molar refractivity (Wildman–Crippen MR) is 95.1 cm³/mol. The summed E-state index contributed by atoms with van der Waals surface area (Å²) in [5.74, 6) is 1.46. The zero-order valence-corrected chi connectivity index (χ0v) is 13.2. The fourth-order valence-electron chi connectivity index (χ4n) is 3.00. The minimum Gasteiger partial charge on any atom is -0.497 e. The first-order valence-electron chi connectivity index (χ1n) is 7.61. The summed E-state index contributed by atoms with van der Waals surface area (Å²) in [7, 11) is 1.66. The number of hydrogen-bond acceptors (Lipinski definition) is 4. The lowest BCUT2D eigenvalue weighted by Gasteiger charge is -2.16. The molecule has 2 aromatic rings. The summed E-state index contributed by atoms with van der Waals surface area (Å²) in [6.45, 7) is 0. The Bertz CT molecular complexity index is 1080. The van der Waals surface area contributed by atoms with Crippen molar-refractivity contribution in [3.05, 3.63) is 66.0 Å². The first-order valence-corrected chi connectivity index (χ1v) is 7.61. The summed E-state index contributed by atoms with van der Waals surface area (Å²) in [6.07, 6.45) is 0. The van der Waals surface area contributed by atoms with Crippen LogP contribution in [0, 0.1) is 5.41 Å². The van der Waals surface area contributed by atoms with E-state index >= 15 is 0 Å². The summed E-state index contributed by atoms with van der Waals surface area (Å²) in [6, 6.07) is 19.0. The summed E-state index contributed by atoms with van der Waals surface area (Å²) in [5, 5.41) is 9.24. The number of hydrogen-bond donors (Lipinski definition) is 2. The van der Waals surface area contributed by atoms with E-state index in [0.717, 1.165) is 27.8 Å². The Labute approximate surface area is 139 Å². The number of fused-ring (bicyclic) bond motifs is 2. The van der Waals surface area contributed by atoms with E-state index in [9.17, 15) is 0 Å². The standard InChI is InChI=1S/C20H16N2O2/c1-23-15-4-2-3-12(9-15)20-16-7-5-13(21)10-18(16)24-19-11-14(22)6-8-17(19)20/h2-11,21H,22H2,1H3. The lowest BCUT2D eigenvalue weighted by Crippen LogP contribution is -2.00.